The third-order valence-corrected chi connectivity index (χ3v) is 2.55. The lowest BCUT2D eigenvalue weighted by Crippen LogP contribution is -2.46. The third-order valence-electron chi connectivity index (χ3n) is 2.55. The van der Waals surface area contributed by atoms with Gasteiger partial charge in [-0.1, -0.05) is 0 Å². The second-order valence-electron chi connectivity index (χ2n) is 3.79. The minimum absolute atomic E-state index is 0.144. The summed E-state index contributed by atoms with van der Waals surface area (Å²) in [6.07, 6.45) is 1.37. The van der Waals surface area contributed by atoms with E-state index in [1.54, 1.807) is 6.92 Å². The van der Waals surface area contributed by atoms with Crippen molar-refractivity contribution >= 4 is 11.9 Å². The van der Waals surface area contributed by atoms with Crippen LogP contribution in [0.3, 0.4) is 0 Å². The number of ether oxygens (including phenoxy) is 1. The SMILES string of the molecule is CCOC(=O)CCCC(=O)N1CCNCC1. The number of hydrogen-bond donors (Lipinski definition) is 1. The number of nitrogens with zero attached hydrogens (tertiary/aromatic N) is 1. The van der Waals surface area contributed by atoms with Crippen LogP contribution in [0.2, 0.25) is 0 Å². The normalized spacial score (nSPS) is 15.9. The highest BCUT2D eigenvalue weighted by molar-refractivity contribution is 5.77. The zero-order valence-corrected chi connectivity index (χ0v) is 9.83. The van der Waals surface area contributed by atoms with Crippen LogP contribution in [0.5, 0.6) is 0 Å². The van der Waals surface area contributed by atoms with Crippen molar-refractivity contribution in [3.63, 3.8) is 0 Å². The topological polar surface area (TPSA) is 58.6 Å². The van der Waals surface area contributed by atoms with Gasteiger partial charge in [-0.2, -0.15) is 0 Å². The molecule has 1 rings (SSSR count). The molecule has 0 aromatic carbocycles. The maximum Gasteiger partial charge on any atom is 0.305 e. The fourth-order valence-corrected chi connectivity index (χ4v) is 1.69. The molecule has 0 atom stereocenters. The van der Waals surface area contributed by atoms with Crippen LogP contribution < -0.4 is 5.32 Å². The molecule has 16 heavy (non-hydrogen) atoms. The van der Waals surface area contributed by atoms with Gasteiger partial charge in [0.2, 0.25) is 5.91 Å². The standard InChI is InChI=1S/C11H20N2O3/c1-2-16-11(15)5-3-4-10(14)13-8-6-12-7-9-13/h12H,2-9H2,1H3. The summed E-state index contributed by atoms with van der Waals surface area (Å²) in [5.74, 6) is -0.0681. The third kappa shape index (κ3) is 4.61. The van der Waals surface area contributed by atoms with Crippen LogP contribution in [0.1, 0.15) is 26.2 Å². The molecule has 0 aromatic heterocycles. The Labute approximate surface area is 96.1 Å². The predicted molar refractivity (Wildman–Crippen MR) is 59.9 cm³/mol. The summed E-state index contributed by atoms with van der Waals surface area (Å²) in [6.45, 7) is 5.47. The average molecular weight is 228 g/mol. The van der Waals surface area contributed by atoms with Gasteiger partial charge in [0, 0.05) is 39.0 Å². The largest absolute Gasteiger partial charge is 0.466 e. The number of rotatable bonds is 5. The molecule has 0 aliphatic carbocycles. The van der Waals surface area contributed by atoms with E-state index >= 15 is 0 Å². The Kier molecular flexibility index (Phi) is 5.85. The molecule has 92 valence electrons. The van der Waals surface area contributed by atoms with E-state index in [9.17, 15) is 9.59 Å². The Morgan fingerprint density at radius 1 is 1.25 bits per heavy atom. The summed E-state index contributed by atoms with van der Waals surface area (Å²) in [4.78, 5) is 24.6. The molecule has 0 spiro atoms. The number of hydrogen-bond acceptors (Lipinski definition) is 4. The molecule has 5 nitrogen and oxygen atoms in total. The van der Waals surface area contributed by atoms with Gasteiger partial charge in [0.1, 0.15) is 0 Å². The predicted octanol–water partition coefficient (Wildman–Crippen LogP) is 0.152. The van der Waals surface area contributed by atoms with Crippen molar-refractivity contribution in [2.24, 2.45) is 0 Å². The van der Waals surface area contributed by atoms with Gasteiger partial charge in [0.15, 0.2) is 0 Å². The van der Waals surface area contributed by atoms with Gasteiger partial charge in [-0.15, -0.1) is 0 Å². The van der Waals surface area contributed by atoms with E-state index in [2.05, 4.69) is 5.32 Å². The first-order valence-electron chi connectivity index (χ1n) is 5.88. The Morgan fingerprint density at radius 3 is 2.56 bits per heavy atom. The zero-order valence-electron chi connectivity index (χ0n) is 9.83. The average Bonchev–Trinajstić information content (AvgIpc) is 2.30. The highest BCUT2D eigenvalue weighted by Crippen LogP contribution is 2.03. The van der Waals surface area contributed by atoms with Gasteiger partial charge < -0.3 is 15.0 Å². The lowest BCUT2D eigenvalue weighted by atomic mass is 10.2. The Balaban J connectivity index is 2.12. The van der Waals surface area contributed by atoms with Crippen molar-refractivity contribution < 1.29 is 14.3 Å². The second kappa shape index (κ2) is 7.22. The highest BCUT2D eigenvalue weighted by Gasteiger charge is 2.15. The van der Waals surface area contributed by atoms with Gasteiger partial charge in [0.25, 0.3) is 0 Å². The number of esters is 1. The van der Waals surface area contributed by atoms with Crippen LogP contribution in [-0.2, 0) is 14.3 Å². The summed E-state index contributed by atoms with van der Waals surface area (Å²) < 4.78 is 4.80. The Morgan fingerprint density at radius 2 is 1.94 bits per heavy atom. The van der Waals surface area contributed by atoms with Crippen molar-refractivity contribution in [2.45, 2.75) is 26.2 Å². The van der Waals surface area contributed by atoms with Crippen molar-refractivity contribution in [3.05, 3.63) is 0 Å². The van der Waals surface area contributed by atoms with Gasteiger partial charge in [0.05, 0.1) is 6.61 Å². The lowest BCUT2D eigenvalue weighted by Gasteiger charge is -2.27. The lowest BCUT2D eigenvalue weighted by molar-refractivity contribution is -0.143. The van der Waals surface area contributed by atoms with E-state index in [1.807, 2.05) is 4.90 Å². The van der Waals surface area contributed by atoms with Crippen LogP contribution >= 0.6 is 0 Å². The molecular formula is C11H20N2O3. The fraction of sp³-hybridized carbons (Fsp3) is 0.818. The number of carbonyl (C=O) groups is 2. The van der Waals surface area contributed by atoms with Gasteiger partial charge in [-0.3, -0.25) is 9.59 Å². The van der Waals surface area contributed by atoms with Crippen LogP contribution in [0.4, 0.5) is 0 Å². The van der Waals surface area contributed by atoms with E-state index in [-0.39, 0.29) is 11.9 Å². The van der Waals surface area contributed by atoms with E-state index in [4.69, 9.17) is 4.74 Å². The smallest absolute Gasteiger partial charge is 0.305 e. The summed E-state index contributed by atoms with van der Waals surface area (Å²) in [7, 11) is 0. The molecule has 0 radical (unpaired) electrons. The van der Waals surface area contributed by atoms with Crippen LogP contribution in [-0.4, -0.2) is 49.6 Å². The minimum atomic E-state index is -0.212. The molecule has 1 fully saturated rings. The molecule has 1 heterocycles. The van der Waals surface area contributed by atoms with E-state index in [1.165, 1.54) is 0 Å². The summed E-state index contributed by atoms with van der Waals surface area (Å²) in [5, 5.41) is 3.19. The van der Waals surface area contributed by atoms with Gasteiger partial charge >= 0.3 is 5.97 Å². The molecule has 1 aliphatic heterocycles. The maximum atomic E-state index is 11.7. The van der Waals surface area contributed by atoms with Gasteiger partial charge in [-0.25, -0.2) is 0 Å². The number of piperazine rings is 1. The molecular weight excluding hydrogens is 208 g/mol. The molecule has 1 saturated heterocycles. The summed E-state index contributed by atoms with van der Waals surface area (Å²) in [6, 6.07) is 0. The van der Waals surface area contributed by atoms with Crippen LogP contribution in [0, 0.1) is 0 Å². The first kappa shape index (κ1) is 13.0. The Hall–Kier alpha value is -1.10. The Bertz CT molecular complexity index is 237. The number of amides is 1. The highest BCUT2D eigenvalue weighted by atomic mass is 16.5. The molecule has 0 unspecified atom stereocenters. The molecule has 0 bridgehead atoms. The molecule has 1 N–H and O–H groups in total. The first-order valence-corrected chi connectivity index (χ1v) is 5.88. The first-order chi connectivity index (χ1) is 7.74. The monoisotopic (exact) mass is 228 g/mol. The fourth-order valence-electron chi connectivity index (χ4n) is 1.69. The van der Waals surface area contributed by atoms with Crippen LogP contribution in [0.15, 0.2) is 0 Å². The second-order valence-corrected chi connectivity index (χ2v) is 3.79. The van der Waals surface area contributed by atoms with E-state index in [0.29, 0.717) is 25.9 Å². The molecule has 1 aliphatic rings. The van der Waals surface area contributed by atoms with E-state index < -0.39 is 0 Å². The maximum absolute atomic E-state index is 11.7. The summed E-state index contributed by atoms with van der Waals surface area (Å²) in [5.41, 5.74) is 0. The molecule has 0 aromatic rings. The van der Waals surface area contributed by atoms with Crippen molar-refractivity contribution in [1.29, 1.82) is 0 Å². The van der Waals surface area contributed by atoms with Crippen LogP contribution in [0.25, 0.3) is 0 Å². The number of nitrogens with one attached hydrogen (secondary N) is 1. The van der Waals surface area contributed by atoms with Crippen molar-refractivity contribution in [1.82, 2.24) is 10.2 Å². The molecule has 1 amide bonds. The van der Waals surface area contributed by atoms with Gasteiger partial charge in [-0.05, 0) is 13.3 Å². The van der Waals surface area contributed by atoms with Crippen molar-refractivity contribution in [2.75, 3.05) is 32.8 Å². The minimum Gasteiger partial charge on any atom is -0.466 e. The summed E-state index contributed by atoms with van der Waals surface area (Å²) >= 11 is 0. The van der Waals surface area contributed by atoms with Crippen molar-refractivity contribution in [3.8, 4) is 0 Å². The van der Waals surface area contributed by atoms with E-state index in [0.717, 1.165) is 26.2 Å². The zero-order chi connectivity index (χ0) is 11.8. The molecule has 5 heteroatoms. The number of carbonyl (C=O) groups excluding carboxylic acids is 2. The quantitative estimate of drug-likeness (QED) is 0.681. The molecule has 0 saturated carbocycles.